The zero-order valence-corrected chi connectivity index (χ0v) is 9.97. The molecular weight excluding hydrogens is 233 g/mol. The number of nitrogens with zero attached hydrogens (tertiary/aromatic N) is 3. The van der Waals surface area contributed by atoms with E-state index in [1.165, 1.54) is 12.1 Å². The Hall–Kier alpha value is -2.09. The van der Waals surface area contributed by atoms with E-state index in [0.717, 1.165) is 5.69 Å². The molecule has 1 aromatic carbocycles. The normalized spacial score (nSPS) is 15.3. The Bertz CT molecular complexity index is 458. The molecule has 1 saturated heterocycles. The van der Waals surface area contributed by atoms with Gasteiger partial charge >= 0.3 is 0 Å². The molecular formula is C13H14FN3O. The molecule has 1 fully saturated rings. The minimum Gasteiger partial charge on any atom is -0.368 e. The minimum absolute atomic E-state index is 0.0590. The second kappa shape index (κ2) is 5.50. The second-order valence-electron chi connectivity index (χ2n) is 4.18. The quantitative estimate of drug-likeness (QED) is 0.793. The van der Waals surface area contributed by atoms with Crippen molar-refractivity contribution in [1.29, 1.82) is 5.26 Å². The maximum atomic E-state index is 12.8. The van der Waals surface area contributed by atoms with Crippen LogP contribution in [0.4, 0.5) is 10.1 Å². The van der Waals surface area contributed by atoms with E-state index >= 15 is 0 Å². The molecule has 0 saturated carbocycles. The third kappa shape index (κ3) is 2.77. The number of halogens is 1. The van der Waals surface area contributed by atoms with Crippen LogP contribution >= 0.6 is 0 Å². The Morgan fingerprint density at radius 3 is 2.39 bits per heavy atom. The number of amides is 1. The lowest BCUT2D eigenvalue weighted by atomic mass is 10.2. The van der Waals surface area contributed by atoms with Crippen molar-refractivity contribution in [2.45, 2.75) is 6.42 Å². The summed E-state index contributed by atoms with van der Waals surface area (Å²) in [4.78, 5) is 15.3. The number of piperazine rings is 1. The number of carbonyl (C=O) groups is 1. The zero-order valence-electron chi connectivity index (χ0n) is 9.97. The van der Waals surface area contributed by atoms with Crippen molar-refractivity contribution < 1.29 is 9.18 Å². The van der Waals surface area contributed by atoms with E-state index in [-0.39, 0.29) is 18.1 Å². The lowest BCUT2D eigenvalue weighted by Crippen LogP contribution is -2.48. The number of hydrogen-bond acceptors (Lipinski definition) is 3. The van der Waals surface area contributed by atoms with Crippen LogP contribution in [-0.2, 0) is 4.79 Å². The lowest BCUT2D eigenvalue weighted by Gasteiger charge is -2.35. The molecule has 1 aromatic rings. The highest BCUT2D eigenvalue weighted by Gasteiger charge is 2.20. The van der Waals surface area contributed by atoms with Crippen LogP contribution < -0.4 is 4.90 Å². The first-order valence-electron chi connectivity index (χ1n) is 5.86. The van der Waals surface area contributed by atoms with Gasteiger partial charge in [-0.1, -0.05) is 0 Å². The van der Waals surface area contributed by atoms with E-state index in [2.05, 4.69) is 4.90 Å². The maximum Gasteiger partial charge on any atom is 0.236 e. The van der Waals surface area contributed by atoms with Gasteiger partial charge in [-0.3, -0.25) is 4.79 Å². The molecule has 0 spiro atoms. The molecule has 18 heavy (non-hydrogen) atoms. The molecule has 1 aliphatic rings. The molecule has 0 aromatic heterocycles. The molecule has 0 N–H and O–H groups in total. The maximum absolute atomic E-state index is 12.8. The fourth-order valence-corrected chi connectivity index (χ4v) is 2.05. The number of anilines is 1. The fraction of sp³-hybridized carbons (Fsp3) is 0.385. The van der Waals surface area contributed by atoms with E-state index < -0.39 is 0 Å². The topological polar surface area (TPSA) is 47.3 Å². The van der Waals surface area contributed by atoms with Crippen molar-refractivity contribution in [1.82, 2.24) is 4.90 Å². The van der Waals surface area contributed by atoms with Crippen LogP contribution in [-0.4, -0.2) is 37.0 Å². The summed E-state index contributed by atoms with van der Waals surface area (Å²) in [5.74, 6) is -0.363. The van der Waals surface area contributed by atoms with Gasteiger partial charge in [-0.15, -0.1) is 0 Å². The van der Waals surface area contributed by atoms with E-state index in [0.29, 0.717) is 26.2 Å². The van der Waals surface area contributed by atoms with Crippen LogP contribution in [0.15, 0.2) is 24.3 Å². The minimum atomic E-state index is -0.249. The van der Waals surface area contributed by atoms with Crippen LogP contribution in [0, 0.1) is 17.1 Å². The predicted molar refractivity (Wildman–Crippen MR) is 65.4 cm³/mol. The lowest BCUT2D eigenvalue weighted by molar-refractivity contribution is -0.130. The van der Waals surface area contributed by atoms with Crippen molar-refractivity contribution in [2.24, 2.45) is 0 Å². The molecule has 0 bridgehead atoms. The van der Waals surface area contributed by atoms with Crippen LogP contribution in [0.3, 0.4) is 0 Å². The summed E-state index contributed by atoms with van der Waals surface area (Å²) in [5.41, 5.74) is 0.962. The second-order valence-corrected chi connectivity index (χ2v) is 4.18. The summed E-state index contributed by atoms with van der Waals surface area (Å²) in [6.07, 6.45) is -0.0590. The zero-order chi connectivity index (χ0) is 13.0. The molecule has 1 aliphatic heterocycles. The standard InChI is InChI=1S/C13H14FN3O/c14-11-1-3-12(4-2-11)16-7-9-17(10-8-16)13(18)5-6-15/h1-4H,5,7-10H2. The Morgan fingerprint density at radius 2 is 1.83 bits per heavy atom. The first-order valence-corrected chi connectivity index (χ1v) is 5.86. The predicted octanol–water partition coefficient (Wildman–Crippen LogP) is 1.39. The highest BCUT2D eigenvalue weighted by molar-refractivity contribution is 5.78. The molecule has 94 valence electrons. The highest BCUT2D eigenvalue weighted by Crippen LogP contribution is 2.17. The summed E-state index contributed by atoms with van der Waals surface area (Å²) < 4.78 is 12.8. The third-order valence-electron chi connectivity index (χ3n) is 3.05. The van der Waals surface area contributed by atoms with Gasteiger partial charge in [-0.2, -0.15) is 5.26 Å². The van der Waals surface area contributed by atoms with Crippen LogP contribution in [0.1, 0.15) is 6.42 Å². The molecule has 4 nitrogen and oxygen atoms in total. The Morgan fingerprint density at radius 1 is 1.22 bits per heavy atom. The van der Waals surface area contributed by atoms with E-state index in [1.807, 2.05) is 6.07 Å². The largest absolute Gasteiger partial charge is 0.368 e. The van der Waals surface area contributed by atoms with Gasteiger partial charge in [0.15, 0.2) is 0 Å². The number of benzene rings is 1. The Kier molecular flexibility index (Phi) is 3.78. The third-order valence-corrected chi connectivity index (χ3v) is 3.05. The van der Waals surface area contributed by atoms with Crippen molar-refractivity contribution in [3.8, 4) is 6.07 Å². The van der Waals surface area contributed by atoms with Gasteiger partial charge in [0.2, 0.25) is 5.91 Å². The number of hydrogen-bond donors (Lipinski definition) is 0. The first-order chi connectivity index (χ1) is 8.70. The summed E-state index contributed by atoms with van der Waals surface area (Å²) in [5, 5.41) is 8.48. The first kappa shape index (κ1) is 12.4. The van der Waals surface area contributed by atoms with Gasteiger partial charge < -0.3 is 9.80 Å². The molecule has 5 heteroatoms. The van der Waals surface area contributed by atoms with Gasteiger partial charge in [0.05, 0.1) is 6.07 Å². The number of carbonyl (C=O) groups excluding carboxylic acids is 1. The molecule has 1 amide bonds. The van der Waals surface area contributed by atoms with E-state index in [4.69, 9.17) is 5.26 Å². The molecule has 0 radical (unpaired) electrons. The average molecular weight is 247 g/mol. The smallest absolute Gasteiger partial charge is 0.236 e. The molecule has 2 rings (SSSR count). The van der Waals surface area contributed by atoms with Crippen molar-refractivity contribution in [3.63, 3.8) is 0 Å². The summed E-state index contributed by atoms with van der Waals surface area (Å²) in [6, 6.07) is 8.21. The highest BCUT2D eigenvalue weighted by atomic mass is 19.1. The van der Waals surface area contributed by atoms with Gasteiger partial charge in [-0.05, 0) is 24.3 Å². The monoisotopic (exact) mass is 247 g/mol. The van der Waals surface area contributed by atoms with Crippen LogP contribution in [0.2, 0.25) is 0 Å². The number of nitriles is 1. The molecule has 1 heterocycles. The SMILES string of the molecule is N#CCC(=O)N1CCN(c2ccc(F)cc2)CC1. The van der Waals surface area contributed by atoms with Gasteiger partial charge in [-0.25, -0.2) is 4.39 Å². The van der Waals surface area contributed by atoms with Crippen molar-refractivity contribution >= 4 is 11.6 Å². The van der Waals surface area contributed by atoms with Crippen LogP contribution in [0.5, 0.6) is 0 Å². The molecule has 0 unspecified atom stereocenters. The van der Waals surface area contributed by atoms with Gasteiger partial charge in [0.25, 0.3) is 0 Å². The number of rotatable bonds is 2. The summed E-state index contributed by atoms with van der Waals surface area (Å²) in [7, 11) is 0. The fourth-order valence-electron chi connectivity index (χ4n) is 2.05. The van der Waals surface area contributed by atoms with E-state index in [9.17, 15) is 9.18 Å². The summed E-state index contributed by atoms with van der Waals surface area (Å²) >= 11 is 0. The van der Waals surface area contributed by atoms with E-state index in [1.54, 1.807) is 17.0 Å². The van der Waals surface area contributed by atoms with Gasteiger partial charge in [0, 0.05) is 31.9 Å². The van der Waals surface area contributed by atoms with Crippen LogP contribution in [0.25, 0.3) is 0 Å². The van der Waals surface area contributed by atoms with Crippen molar-refractivity contribution in [2.75, 3.05) is 31.1 Å². The Labute approximate surface area is 105 Å². The average Bonchev–Trinajstić information content (AvgIpc) is 2.40. The Balaban J connectivity index is 1.92. The van der Waals surface area contributed by atoms with Crippen molar-refractivity contribution in [3.05, 3.63) is 30.1 Å². The molecule has 0 atom stereocenters. The summed E-state index contributed by atoms with van der Waals surface area (Å²) in [6.45, 7) is 2.64. The van der Waals surface area contributed by atoms with Gasteiger partial charge in [0.1, 0.15) is 12.2 Å². The molecule has 0 aliphatic carbocycles.